The fourth-order valence-electron chi connectivity index (χ4n) is 7.36. The van der Waals surface area contributed by atoms with Gasteiger partial charge in [-0.15, -0.1) is 0 Å². The highest BCUT2D eigenvalue weighted by atomic mass is 16.6. The van der Waals surface area contributed by atoms with Gasteiger partial charge < -0.3 is 14.4 Å². The van der Waals surface area contributed by atoms with Crippen LogP contribution in [0.1, 0.15) is 48.1 Å². The van der Waals surface area contributed by atoms with Crippen molar-refractivity contribution in [1.29, 1.82) is 0 Å². The SMILES string of the molecule is COc1cccc([C@@H]2[C@@H](C(=O)c3cccc([N+](=O)[O-])c3)N3c4ccccc4C=CC3C23C(=O)c2ccccc2C3=O)c1OC. The summed E-state index contributed by atoms with van der Waals surface area (Å²) in [6, 6.07) is 22.9. The second kappa shape index (κ2) is 10.0. The molecule has 9 heteroatoms. The first-order chi connectivity index (χ1) is 21.3. The van der Waals surface area contributed by atoms with Gasteiger partial charge in [-0.2, -0.15) is 0 Å². The van der Waals surface area contributed by atoms with Gasteiger partial charge in [0.1, 0.15) is 11.5 Å². The van der Waals surface area contributed by atoms with Crippen molar-refractivity contribution in [2.24, 2.45) is 5.41 Å². The van der Waals surface area contributed by atoms with E-state index in [1.165, 1.54) is 38.5 Å². The molecular formula is C35H26N2O7. The molecule has 0 bridgehead atoms. The summed E-state index contributed by atoms with van der Waals surface area (Å²) < 4.78 is 11.5. The number of carbonyl (C=O) groups excluding carboxylic acids is 3. The van der Waals surface area contributed by atoms with E-state index in [0.29, 0.717) is 33.9 Å². The zero-order valence-electron chi connectivity index (χ0n) is 23.8. The molecule has 3 atom stereocenters. The van der Waals surface area contributed by atoms with Gasteiger partial charge in [0.25, 0.3) is 5.69 Å². The maximum absolute atomic E-state index is 14.9. The van der Waals surface area contributed by atoms with Crippen molar-refractivity contribution in [1.82, 2.24) is 0 Å². The molecule has 0 saturated carbocycles. The van der Waals surface area contributed by atoms with Crippen LogP contribution in [0.5, 0.6) is 11.5 Å². The maximum Gasteiger partial charge on any atom is 0.270 e. The number of nitro groups is 1. The molecule has 1 saturated heterocycles. The Kier molecular flexibility index (Phi) is 6.21. The number of hydrogen-bond donors (Lipinski definition) is 0. The van der Waals surface area contributed by atoms with Gasteiger partial charge in [0.2, 0.25) is 0 Å². The molecule has 44 heavy (non-hydrogen) atoms. The molecule has 7 rings (SSSR count). The predicted molar refractivity (Wildman–Crippen MR) is 163 cm³/mol. The number of para-hydroxylation sites is 2. The van der Waals surface area contributed by atoms with Crippen molar-refractivity contribution in [3.63, 3.8) is 0 Å². The summed E-state index contributed by atoms with van der Waals surface area (Å²) in [6.07, 6.45) is 3.70. The molecule has 1 unspecified atom stereocenters. The molecule has 0 amide bonds. The van der Waals surface area contributed by atoms with Gasteiger partial charge in [0.05, 0.1) is 25.2 Å². The van der Waals surface area contributed by atoms with Crippen LogP contribution in [0.3, 0.4) is 0 Å². The van der Waals surface area contributed by atoms with Crippen LogP contribution >= 0.6 is 0 Å². The smallest absolute Gasteiger partial charge is 0.270 e. The van der Waals surface area contributed by atoms with Gasteiger partial charge in [-0.05, 0) is 17.7 Å². The zero-order valence-corrected chi connectivity index (χ0v) is 23.8. The minimum Gasteiger partial charge on any atom is -0.493 e. The minimum atomic E-state index is -1.76. The number of fused-ring (bicyclic) bond motifs is 5. The summed E-state index contributed by atoms with van der Waals surface area (Å²) in [4.78, 5) is 57.5. The Morgan fingerprint density at radius 3 is 2.23 bits per heavy atom. The third kappa shape index (κ3) is 3.55. The first-order valence-electron chi connectivity index (χ1n) is 14.1. The number of hydrogen-bond acceptors (Lipinski definition) is 8. The number of ketones is 3. The summed E-state index contributed by atoms with van der Waals surface area (Å²) >= 11 is 0. The van der Waals surface area contributed by atoms with Crippen molar-refractivity contribution in [2.45, 2.75) is 18.0 Å². The van der Waals surface area contributed by atoms with Crippen molar-refractivity contribution in [3.05, 3.63) is 135 Å². The van der Waals surface area contributed by atoms with Gasteiger partial charge >= 0.3 is 0 Å². The van der Waals surface area contributed by atoms with Crippen LogP contribution in [0.2, 0.25) is 0 Å². The molecule has 2 aliphatic heterocycles. The number of ether oxygens (including phenoxy) is 2. The monoisotopic (exact) mass is 586 g/mol. The molecule has 9 nitrogen and oxygen atoms in total. The number of carbonyl (C=O) groups is 3. The lowest BCUT2D eigenvalue weighted by molar-refractivity contribution is -0.384. The van der Waals surface area contributed by atoms with Crippen molar-refractivity contribution < 1.29 is 28.8 Å². The fraction of sp³-hybridized carbons (Fsp3) is 0.171. The highest BCUT2D eigenvalue weighted by Crippen LogP contribution is 2.62. The highest BCUT2D eigenvalue weighted by Gasteiger charge is 2.72. The van der Waals surface area contributed by atoms with Crippen molar-refractivity contribution in [2.75, 3.05) is 19.1 Å². The first-order valence-corrected chi connectivity index (χ1v) is 14.1. The normalized spacial score (nSPS) is 20.7. The molecule has 4 aromatic rings. The first kappa shape index (κ1) is 27.3. The van der Waals surface area contributed by atoms with E-state index in [2.05, 4.69) is 0 Å². The van der Waals surface area contributed by atoms with E-state index in [4.69, 9.17) is 9.47 Å². The lowest BCUT2D eigenvalue weighted by Gasteiger charge is -2.37. The van der Waals surface area contributed by atoms with Crippen LogP contribution < -0.4 is 14.4 Å². The van der Waals surface area contributed by atoms with E-state index in [0.717, 1.165) is 5.56 Å². The van der Waals surface area contributed by atoms with Gasteiger partial charge in [0, 0.05) is 46.0 Å². The van der Waals surface area contributed by atoms with Crippen LogP contribution in [0.25, 0.3) is 6.08 Å². The number of rotatable bonds is 6. The third-order valence-corrected chi connectivity index (χ3v) is 9.09. The van der Waals surface area contributed by atoms with E-state index >= 15 is 0 Å². The molecular weight excluding hydrogens is 560 g/mol. The van der Waals surface area contributed by atoms with E-state index in [1.54, 1.807) is 42.5 Å². The lowest BCUT2D eigenvalue weighted by Crippen LogP contribution is -2.48. The van der Waals surface area contributed by atoms with Gasteiger partial charge in [-0.25, -0.2) is 0 Å². The molecule has 218 valence electrons. The van der Waals surface area contributed by atoms with Gasteiger partial charge in [0.15, 0.2) is 28.8 Å². The molecule has 1 fully saturated rings. The predicted octanol–water partition coefficient (Wildman–Crippen LogP) is 5.93. The lowest BCUT2D eigenvalue weighted by atomic mass is 9.64. The number of methoxy groups -OCH3 is 2. The number of non-ortho nitro benzene ring substituents is 1. The number of benzene rings is 4. The van der Waals surface area contributed by atoms with Gasteiger partial charge in [-0.1, -0.05) is 78.9 Å². The number of nitro benzene ring substituents is 1. The highest BCUT2D eigenvalue weighted by molar-refractivity contribution is 6.32. The summed E-state index contributed by atoms with van der Waals surface area (Å²) in [5.74, 6) is -1.63. The Bertz CT molecular complexity index is 1890. The Hall–Kier alpha value is -5.57. The van der Waals surface area contributed by atoms with E-state index < -0.39 is 34.1 Å². The molecule has 3 aliphatic rings. The summed E-state index contributed by atoms with van der Waals surface area (Å²) in [7, 11) is 2.96. The van der Waals surface area contributed by atoms with E-state index in [-0.39, 0.29) is 22.8 Å². The topological polar surface area (TPSA) is 116 Å². The average Bonchev–Trinajstić information content (AvgIpc) is 3.49. The molecule has 1 spiro atoms. The van der Waals surface area contributed by atoms with E-state index in [9.17, 15) is 24.5 Å². The fourth-order valence-corrected chi connectivity index (χ4v) is 7.36. The quantitative estimate of drug-likeness (QED) is 0.118. The average molecular weight is 587 g/mol. The standard InChI is InChI=1S/C35H26N2O7/c1-43-27-16-8-14-25(32(27)44-2)29-30(31(38)21-10-7-11-22(19-21)37(41)42)36-26-15-6-3-9-20(26)17-18-28(36)35(29)33(39)23-12-4-5-13-24(23)34(35)40/h3-19,28-30H,1-2H3/t28?,29-,30+/m1/s1. The van der Waals surface area contributed by atoms with Crippen molar-refractivity contribution >= 4 is 34.8 Å². The minimum absolute atomic E-state index is 0.0920. The molecule has 0 radical (unpaired) electrons. The Labute approximate surface area is 252 Å². The Morgan fingerprint density at radius 1 is 0.864 bits per heavy atom. The second-order valence-electron chi connectivity index (χ2n) is 11.0. The number of nitrogens with zero attached hydrogens (tertiary/aromatic N) is 2. The maximum atomic E-state index is 14.9. The van der Waals surface area contributed by atoms with Crippen molar-refractivity contribution in [3.8, 4) is 11.5 Å². The third-order valence-electron chi connectivity index (χ3n) is 9.09. The molecule has 0 aromatic heterocycles. The van der Waals surface area contributed by atoms with Crippen LogP contribution in [-0.2, 0) is 0 Å². The number of anilines is 1. The summed E-state index contributed by atoms with van der Waals surface area (Å²) in [5, 5.41) is 11.7. The van der Waals surface area contributed by atoms with Crippen LogP contribution in [-0.4, -0.2) is 48.6 Å². The van der Waals surface area contributed by atoms with Crippen LogP contribution in [0.4, 0.5) is 11.4 Å². The van der Waals surface area contributed by atoms with E-state index in [1.807, 2.05) is 41.3 Å². The summed E-state index contributed by atoms with van der Waals surface area (Å²) in [6.45, 7) is 0. The zero-order chi connectivity index (χ0) is 30.7. The van der Waals surface area contributed by atoms with Gasteiger partial charge in [-0.3, -0.25) is 24.5 Å². The van der Waals surface area contributed by atoms with Crippen LogP contribution in [0.15, 0.2) is 97.1 Å². The molecule has 2 heterocycles. The Balaban J connectivity index is 1.58. The summed E-state index contributed by atoms with van der Waals surface area (Å²) in [5.41, 5.74) is 0.609. The molecule has 1 aliphatic carbocycles. The molecule has 4 aromatic carbocycles. The largest absolute Gasteiger partial charge is 0.493 e. The van der Waals surface area contributed by atoms with Crippen LogP contribution in [0, 0.1) is 15.5 Å². The second-order valence-corrected chi connectivity index (χ2v) is 11.0. The Morgan fingerprint density at radius 2 is 1.55 bits per heavy atom. The number of Topliss-reactive ketones (excluding diaryl/α,β-unsaturated/α-hetero) is 3. The molecule has 0 N–H and O–H groups in total.